The molecule has 0 aliphatic carbocycles. The molecule has 0 heterocycles. The van der Waals surface area contributed by atoms with Gasteiger partial charge in [0.15, 0.2) is 0 Å². The predicted molar refractivity (Wildman–Crippen MR) is 92.2 cm³/mol. The third-order valence-electron chi connectivity index (χ3n) is 3.44. The zero-order valence-corrected chi connectivity index (χ0v) is 12.7. The van der Waals surface area contributed by atoms with Crippen molar-refractivity contribution in [2.24, 2.45) is 5.73 Å². The number of nitrogens with one attached hydrogen (secondary N) is 2. The molecule has 3 nitrogen and oxygen atoms in total. The van der Waals surface area contributed by atoms with Crippen LogP contribution in [0.1, 0.15) is 26.2 Å². The van der Waals surface area contributed by atoms with Crippen LogP contribution in [-0.2, 0) is 0 Å². The topological polar surface area (TPSA) is 50.1 Å². The van der Waals surface area contributed by atoms with Crippen molar-refractivity contribution in [3.8, 4) is 0 Å². The summed E-state index contributed by atoms with van der Waals surface area (Å²) in [4.78, 5) is 0. The van der Waals surface area contributed by atoms with Gasteiger partial charge in [-0.05, 0) is 42.8 Å². The second kappa shape index (κ2) is 8.32. The van der Waals surface area contributed by atoms with Crippen LogP contribution in [-0.4, -0.2) is 12.6 Å². The minimum Gasteiger partial charge on any atom is -0.383 e. The van der Waals surface area contributed by atoms with E-state index in [2.05, 4.69) is 54.0 Å². The summed E-state index contributed by atoms with van der Waals surface area (Å²) in [6, 6.07) is 18.7. The van der Waals surface area contributed by atoms with Crippen LogP contribution in [0, 0.1) is 0 Å². The van der Waals surface area contributed by atoms with E-state index in [0.29, 0.717) is 0 Å². The molecule has 2 rings (SSSR count). The second-order valence-corrected chi connectivity index (χ2v) is 5.35. The lowest BCUT2D eigenvalue weighted by Gasteiger charge is -2.14. The van der Waals surface area contributed by atoms with E-state index < -0.39 is 0 Å². The Kier molecular flexibility index (Phi) is 6.10. The molecular formula is C18H25N3. The van der Waals surface area contributed by atoms with E-state index in [9.17, 15) is 0 Å². The van der Waals surface area contributed by atoms with Crippen molar-refractivity contribution < 1.29 is 0 Å². The maximum atomic E-state index is 6.06. The highest BCUT2D eigenvalue weighted by Crippen LogP contribution is 2.18. The molecule has 1 atom stereocenters. The zero-order valence-electron chi connectivity index (χ0n) is 12.7. The van der Waals surface area contributed by atoms with E-state index in [1.165, 1.54) is 12.8 Å². The summed E-state index contributed by atoms with van der Waals surface area (Å²) in [6.45, 7) is 3.02. The lowest BCUT2D eigenvalue weighted by molar-refractivity contribution is 0.596. The maximum Gasteiger partial charge on any atom is 0.0385 e. The number of anilines is 3. The van der Waals surface area contributed by atoms with E-state index in [1.807, 2.05) is 18.2 Å². The van der Waals surface area contributed by atoms with Gasteiger partial charge in [-0.25, -0.2) is 0 Å². The number of nitrogens with two attached hydrogens (primary N) is 1. The third kappa shape index (κ3) is 5.48. The number of para-hydroxylation sites is 1. The highest BCUT2D eigenvalue weighted by atomic mass is 14.9. The summed E-state index contributed by atoms with van der Waals surface area (Å²) in [5.41, 5.74) is 9.36. The fraction of sp³-hybridized carbons (Fsp3) is 0.333. The fourth-order valence-corrected chi connectivity index (χ4v) is 2.18. The van der Waals surface area contributed by atoms with Crippen molar-refractivity contribution in [1.29, 1.82) is 0 Å². The molecule has 0 aliphatic rings. The van der Waals surface area contributed by atoms with E-state index >= 15 is 0 Å². The summed E-state index contributed by atoms with van der Waals surface area (Å²) in [7, 11) is 0. The molecule has 0 aromatic heterocycles. The van der Waals surface area contributed by atoms with Crippen molar-refractivity contribution >= 4 is 17.1 Å². The van der Waals surface area contributed by atoms with Gasteiger partial charge < -0.3 is 16.4 Å². The van der Waals surface area contributed by atoms with Gasteiger partial charge in [-0.3, -0.25) is 0 Å². The first-order valence-corrected chi connectivity index (χ1v) is 7.69. The smallest absolute Gasteiger partial charge is 0.0385 e. The first kappa shape index (κ1) is 15.4. The molecule has 3 heteroatoms. The molecule has 2 aromatic carbocycles. The highest BCUT2D eigenvalue weighted by Gasteiger charge is 2.01. The Morgan fingerprint density at radius 2 is 1.52 bits per heavy atom. The van der Waals surface area contributed by atoms with Crippen LogP contribution in [0.4, 0.5) is 17.1 Å². The molecule has 0 aliphatic heterocycles. The van der Waals surface area contributed by atoms with E-state index in [0.717, 1.165) is 30.0 Å². The zero-order chi connectivity index (χ0) is 14.9. The first-order valence-electron chi connectivity index (χ1n) is 7.69. The normalized spacial score (nSPS) is 11.9. The van der Waals surface area contributed by atoms with E-state index in [-0.39, 0.29) is 6.04 Å². The third-order valence-corrected chi connectivity index (χ3v) is 3.44. The maximum absolute atomic E-state index is 6.06. The largest absolute Gasteiger partial charge is 0.383 e. The molecule has 0 spiro atoms. The molecule has 0 fully saturated rings. The number of hydrogen-bond donors (Lipinski definition) is 3. The molecule has 0 amide bonds. The van der Waals surface area contributed by atoms with Gasteiger partial charge in [0, 0.05) is 29.6 Å². The fourth-order valence-electron chi connectivity index (χ4n) is 2.18. The quantitative estimate of drug-likeness (QED) is 0.674. The van der Waals surface area contributed by atoms with Crippen LogP contribution in [0.5, 0.6) is 0 Å². The molecule has 21 heavy (non-hydrogen) atoms. The van der Waals surface area contributed by atoms with Crippen molar-refractivity contribution in [2.75, 3.05) is 17.2 Å². The van der Waals surface area contributed by atoms with Gasteiger partial charge in [0.2, 0.25) is 0 Å². The summed E-state index contributed by atoms with van der Waals surface area (Å²) in [5.74, 6) is 0. The van der Waals surface area contributed by atoms with Crippen LogP contribution in [0.3, 0.4) is 0 Å². The Bertz CT molecular complexity index is 508. The van der Waals surface area contributed by atoms with Crippen LogP contribution >= 0.6 is 0 Å². The van der Waals surface area contributed by atoms with Gasteiger partial charge >= 0.3 is 0 Å². The van der Waals surface area contributed by atoms with Crippen LogP contribution in [0.2, 0.25) is 0 Å². The SMILES string of the molecule is CCCCC(N)CNc1ccc(Nc2ccccc2)cc1. The number of rotatable bonds is 8. The van der Waals surface area contributed by atoms with Crippen molar-refractivity contribution in [1.82, 2.24) is 0 Å². The van der Waals surface area contributed by atoms with Crippen LogP contribution in [0.25, 0.3) is 0 Å². The molecule has 4 N–H and O–H groups in total. The minimum atomic E-state index is 0.229. The standard InChI is InChI=1S/C18H25N3/c1-2-3-7-15(19)14-20-16-10-12-18(13-11-16)21-17-8-5-4-6-9-17/h4-6,8-13,15,20-21H,2-3,7,14,19H2,1H3. The van der Waals surface area contributed by atoms with Crippen molar-refractivity contribution in [2.45, 2.75) is 32.2 Å². The van der Waals surface area contributed by atoms with Gasteiger partial charge in [-0.2, -0.15) is 0 Å². The number of unbranched alkanes of at least 4 members (excludes halogenated alkanes) is 1. The molecule has 0 radical (unpaired) electrons. The number of benzene rings is 2. The van der Waals surface area contributed by atoms with E-state index in [1.54, 1.807) is 0 Å². The average molecular weight is 283 g/mol. The van der Waals surface area contributed by atoms with Crippen molar-refractivity contribution in [3.05, 3.63) is 54.6 Å². The molecule has 2 aromatic rings. The van der Waals surface area contributed by atoms with Gasteiger partial charge in [0.25, 0.3) is 0 Å². The van der Waals surface area contributed by atoms with Crippen LogP contribution in [0.15, 0.2) is 54.6 Å². The first-order chi connectivity index (χ1) is 10.3. The summed E-state index contributed by atoms with van der Waals surface area (Å²) >= 11 is 0. The minimum absolute atomic E-state index is 0.229. The Morgan fingerprint density at radius 3 is 2.19 bits per heavy atom. The summed E-state index contributed by atoms with van der Waals surface area (Å²) < 4.78 is 0. The highest BCUT2D eigenvalue weighted by molar-refractivity contribution is 5.62. The molecular weight excluding hydrogens is 258 g/mol. The Balaban J connectivity index is 1.82. The summed E-state index contributed by atoms with van der Waals surface area (Å²) in [6.07, 6.45) is 3.48. The van der Waals surface area contributed by atoms with Crippen LogP contribution < -0.4 is 16.4 Å². The molecule has 112 valence electrons. The van der Waals surface area contributed by atoms with Crippen molar-refractivity contribution in [3.63, 3.8) is 0 Å². The number of hydrogen-bond acceptors (Lipinski definition) is 3. The second-order valence-electron chi connectivity index (χ2n) is 5.35. The van der Waals surface area contributed by atoms with Gasteiger partial charge in [0.05, 0.1) is 0 Å². The van der Waals surface area contributed by atoms with Gasteiger partial charge in [0.1, 0.15) is 0 Å². The molecule has 1 unspecified atom stereocenters. The van der Waals surface area contributed by atoms with E-state index in [4.69, 9.17) is 5.73 Å². The molecule has 0 bridgehead atoms. The lowest BCUT2D eigenvalue weighted by Crippen LogP contribution is -2.28. The Hall–Kier alpha value is -2.00. The predicted octanol–water partition coefficient (Wildman–Crippen LogP) is 4.36. The Morgan fingerprint density at radius 1 is 0.905 bits per heavy atom. The molecule has 0 saturated heterocycles. The average Bonchev–Trinajstić information content (AvgIpc) is 2.53. The Labute approximate surface area is 127 Å². The lowest BCUT2D eigenvalue weighted by atomic mass is 10.1. The summed E-state index contributed by atoms with van der Waals surface area (Å²) in [5, 5.41) is 6.76. The van der Waals surface area contributed by atoms with Gasteiger partial charge in [-0.15, -0.1) is 0 Å². The van der Waals surface area contributed by atoms with Gasteiger partial charge in [-0.1, -0.05) is 38.0 Å². The monoisotopic (exact) mass is 283 g/mol. The molecule has 0 saturated carbocycles.